The number of benzene rings is 2. The standard InChI is InChI=1S/C41H50FN5O5/c1-40(2,36-23-30-24-43-16-14-34(30)51-36)46-19-18-45(33(26-46)38(49)44-17-15-42)25-31(48)21-29(20-27-10-6-5-7-11-27)39(50)47-37-32-13-9-8-12-28(32)22-35(37)52-41(47,3)4/h5-14,16,23-24,29,31,33,35,37,48H,15,17-22,25-26H2,1-4H3,(H,44,49)/t29-,31+,33+,35-,37+/m1/s1. The Morgan fingerprint density at radius 2 is 1.87 bits per heavy atom. The summed E-state index contributed by atoms with van der Waals surface area (Å²) in [5.41, 5.74) is 2.69. The number of hydrogen-bond acceptors (Lipinski definition) is 8. The number of aliphatic hydroxyl groups excluding tert-OH is 1. The Balaban J connectivity index is 1.11. The highest BCUT2D eigenvalue weighted by Crippen LogP contribution is 2.49. The van der Waals surface area contributed by atoms with Crippen molar-refractivity contribution in [3.05, 3.63) is 102 Å². The topological polar surface area (TPSA) is 111 Å². The fourth-order valence-electron chi connectivity index (χ4n) is 8.58. The minimum absolute atomic E-state index is 0.0538. The number of piperazine rings is 1. The van der Waals surface area contributed by atoms with E-state index in [1.807, 2.05) is 78.2 Å². The van der Waals surface area contributed by atoms with Gasteiger partial charge < -0.3 is 24.5 Å². The van der Waals surface area contributed by atoms with Gasteiger partial charge in [0.1, 0.15) is 29.8 Å². The number of nitrogens with one attached hydrogen (secondary N) is 1. The lowest BCUT2D eigenvalue weighted by Gasteiger charge is -2.47. The van der Waals surface area contributed by atoms with Gasteiger partial charge in [-0.05, 0) is 69.4 Å². The molecule has 2 aliphatic heterocycles. The highest BCUT2D eigenvalue weighted by Gasteiger charge is 2.54. The summed E-state index contributed by atoms with van der Waals surface area (Å²) in [6.07, 6.45) is 3.84. The van der Waals surface area contributed by atoms with E-state index in [2.05, 4.69) is 41.2 Å². The van der Waals surface area contributed by atoms with Crippen LogP contribution in [0.3, 0.4) is 0 Å². The van der Waals surface area contributed by atoms with Crippen molar-refractivity contribution >= 4 is 22.8 Å². The summed E-state index contributed by atoms with van der Waals surface area (Å²) in [4.78, 5) is 38.7. The van der Waals surface area contributed by atoms with Crippen molar-refractivity contribution in [1.29, 1.82) is 0 Å². The van der Waals surface area contributed by atoms with Gasteiger partial charge in [-0.25, -0.2) is 4.39 Å². The Hall–Kier alpha value is -4.16. The quantitative estimate of drug-likeness (QED) is 0.211. The van der Waals surface area contributed by atoms with E-state index in [1.54, 1.807) is 12.4 Å². The molecule has 0 radical (unpaired) electrons. The number of aromatic nitrogens is 1. The molecule has 2 N–H and O–H groups in total. The van der Waals surface area contributed by atoms with Gasteiger partial charge in [0, 0.05) is 62.8 Å². The number of ether oxygens (including phenoxy) is 1. The van der Waals surface area contributed by atoms with Gasteiger partial charge in [-0.15, -0.1) is 0 Å². The van der Waals surface area contributed by atoms with Crippen molar-refractivity contribution in [1.82, 2.24) is 25.0 Å². The fourth-order valence-corrected chi connectivity index (χ4v) is 8.58. The molecule has 1 aliphatic carbocycles. The smallest absolute Gasteiger partial charge is 0.238 e. The molecule has 4 heterocycles. The second kappa shape index (κ2) is 14.7. The van der Waals surface area contributed by atoms with Gasteiger partial charge >= 0.3 is 0 Å². The molecule has 7 rings (SSSR count). The predicted molar refractivity (Wildman–Crippen MR) is 196 cm³/mol. The molecule has 0 bridgehead atoms. The Morgan fingerprint density at radius 1 is 1.10 bits per heavy atom. The Kier molecular flexibility index (Phi) is 10.2. The van der Waals surface area contributed by atoms with Crippen LogP contribution in [0.5, 0.6) is 0 Å². The summed E-state index contributed by atoms with van der Waals surface area (Å²) in [7, 11) is 0. The number of hydrogen-bond donors (Lipinski definition) is 2. The van der Waals surface area contributed by atoms with Gasteiger partial charge in [0.25, 0.3) is 0 Å². The molecule has 276 valence electrons. The van der Waals surface area contributed by atoms with E-state index in [0.717, 1.165) is 34.3 Å². The molecular formula is C41H50FN5O5. The predicted octanol–water partition coefficient (Wildman–Crippen LogP) is 5.01. The third kappa shape index (κ3) is 7.11. The van der Waals surface area contributed by atoms with Gasteiger partial charge in [-0.3, -0.25) is 24.4 Å². The first kappa shape index (κ1) is 36.2. The number of aliphatic hydroxyl groups is 1. The summed E-state index contributed by atoms with van der Waals surface area (Å²) in [6.45, 7) is 8.90. The lowest BCUT2D eigenvalue weighted by atomic mass is 9.90. The summed E-state index contributed by atoms with van der Waals surface area (Å²) >= 11 is 0. The van der Waals surface area contributed by atoms with E-state index >= 15 is 0 Å². The number of fused-ring (bicyclic) bond motifs is 4. The lowest BCUT2D eigenvalue weighted by molar-refractivity contribution is -0.153. The monoisotopic (exact) mass is 711 g/mol. The molecule has 2 fully saturated rings. The number of halogens is 1. The van der Waals surface area contributed by atoms with Crippen LogP contribution in [0.25, 0.3) is 11.0 Å². The van der Waals surface area contributed by atoms with E-state index in [9.17, 15) is 19.1 Å². The molecule has 0 spiro atoms. The van der Waals surface area contributed by atoms with Crippen molar-refractivity contribution in [2.45, 2.75) is 82.5 Å². The maximum atomic E-state index is 14.8. The highest BCUT2D eigenvalue weighted by atomic mass is 19.1. The maximum Gasteiger partial charge on any atom is 0.238 e. The number of alkyl halides is 1. The Bertz CT molecular complexity index is 1850. The Labute approximate surface area is 304 Å². The van der Waals surface area contributed by atoms with E-state index < -0.39 is 36.0 Å². The van der Waals surface area contributed by atoms with Crippen molar-refractivity contribution in [2.24, 2.45) is 5.92 Å². The second-order valence-corrected chi connectivity index (χ2v) is 15.5. The minimum Gasteiger partial charge on any atom is -0.459 e. The number of nitrogens with zero attached hydrogens (tertiary/aromatic N) is 4. The second-order valence-electron chi connectivity index (χ2n) is 15.5. The molecule has 4 aromatic rings. The van der Waals surface area contributed by atoms with E-state index in [-0.39, 0.29) is 43.5 Å². The minimum atomic E-state index is -0.908. The molecule has 3 aliphatic rings. The van der Waals surface area contributed by atoms with Crippen molar-refractivity contribution in [3.8, 4) is 0 Å². The van der Waals surface area contributed by atoms with Gasteiger partial charge in [0.05, 0.1) is 23.8 Å². The number of rotatable bonds is 12. The number of carbonyl (C=O) groups is 2. The number of β-amino-alcohol motifs (C(OH)–C–C–N with tert-alkyl or cyclic N) is 1. The average molecular weight is 712 g/mol. The third-order valence-corrected chi connectivity index (χ3v) is 11.3. The summed E-state index contributed by atoms with van der Waals surface area (Å²) in [5.74, 6) is -0.122. The van der Waals surface area contributed by atoms with Crippen LogP contribution in [0.15, 0.2) is 83.5 Å². The molecule has 2 saturated heterocycles. The lowest BCUT2D eigenvalue weighted by Crippen LogP contribution is -2.63. The molecule has 0 saturated carbocycles. The van der Waals surface area contributed by atoms with E-state index in [0.29, 0.717) is 26.1 Å². The van der Waals surface area contributed by atoms with Crippen LogP contribution in [-0.2, 0) is 32.7 Å². The molecule has 10 nitrogen and oxygen atoms in total. The first-order valence-electron chi connectivity index (χ1n) is 18.4. The molecule has 0 unspecified atom stereocenters. The normalized spacial score (nSPS) is 23.0. The molecular weight excluding hydrogens is 661 g/mol. The van der Waals surface area contributed by atoms with E-state index in [4.69, 9.17) is 9.15 Å². The zero-order valence-corrected chi connectivity index (χ0v) is 30.5. The maximum absolute atomic E-state index is 14.8. The van der Waals surface area contributed by atoms with E-state index in [1.165, 1.54) is 5.56 Å². The Morgan fingerprint density at radius 3 is 2.63 bits per heavy atom. The van der Waals surface area contributed by atoms with Crippen LogP contribution in [0.2, 0.25) is 0 Å². The summed E-state index contributed by atoms with van der Waals surface area (Å²) in [5, 5.41) is 15.4. The number of pyridine rings is 1. The molecule has 52 heavy (non-hydrogen) atoms. The molecule has 2 aromatic carbocycles. The molecule has 5 atom stereocenters. The van der Waals surface area contributed by atoms with Crippen molar-refractivity contribution < 1.29 is 28.2 Å². The van der Waals surface area contributed by atoms with Crippen LogP contribution in [0.1, 0.15) is 62.6 Å². The molecule has 11 heteroatoms. The fraction of sp³-hybridized carbons (Fsp3) is 0.488. The summed E-state index contributed by atoms with van der Waals surface area (Å²) < 4.78 is 26.0. The van der Waals surface area contributed by atoms with Crippen molar-refractivity contribution in [2.75, 3.05) is 39.4 Å². The zero-order chi connectivity index (χ0) is 36.6. The van der Waals surface area contributed by atoms with Gasteiger partial charge in [-0.2, -0.15) is 0 Å². The van der Waals surface area contributed by atoms with Gasteiger partial charge in [-0.1, -0.05) is 54.6 Å². The van der Waals surface area contributed by atoms with Crippen LogP contribution >= 0.6 is 0 Å². The number of carbonyl (C=O) groups excluding carboxylic acids is 2. The summed E-state index contributed by atoms with van der Waals surface area (Å²) in [6, 6.07) is 21.1. The van der Waals surface area contributed by atoms with Crippen molar-refractivity contribution in [3.63, 3.8) is 0 Å². The van der Waals surface area contributed by atoms with Gasteiger partial charge in [0.15, 0.2) is 0 Å². The van der Waals surface area contributed by atoms with Gasteiger partial charge in [0.2, 0.25) is 11.8 Å². The van der Waals surface area contributed by atoms with Crippen LogP contribution in [0, 0.1) is 5.92 Å². The molecule has 2 aromatic heterocycles. The van der Waals surface area contributed by atoms with Crippen LogP contribution in [0.4, 0.5) is 4.39 Å². The van der Waals surface area contributed by atoms with Crippen LogP contribution < -0.4 is 5.32 Å². The first-order chi connectivity index (χ1) is 25.0. The number of furan rings is 1. The average Bonchev–Trinajstić information content (AvgIpc) is 3.80. The highest BCUT2D eigenvalue weighted by molar-refractivity contribution is 5.82. The molecule has 2 amide bonds. The third-order valence-electron chi connectivity index (χ3n) is 11.3. The SMILES string of the molecule is CC1(C)O[C@@H]2Cc3ccccc3[C@@H]2N1C(=O)[C@H](Cc1ccccc1)C[C@H](O)CN1CCN(C(C)(C)c2cc3cnccc3o2)C[C@H]1C(=O)NCCF. The van der Waals surface area contributed by atoms with Crippen LogP contribution in [-0.4, -0.2) is 100.0 Å². The first-order valence-corrected chi connectivity index (χ1v) is 18.4. The zero-order valence-electron chi connectivity index (χ0n) is 30.5. The number of amides is 2. The largest absolute Gasteiger partial charge is 0.459 e.